The normalized spacial score (nSPS) is 11.5. The van der Waals surface area contributed by atoms with E-state index in [2.05, 4.69) is 114 Å². The largest absolute Gasteiger partial charge is 0.456 e. The molecule has 3 heteroatoms. The standard InChI is InChI=1S/C33H20INO/c34-28-13-9-21(10-14-28)23-7-5-22-6-8-24(18-27(22)17-23)26-11-15-31(35-20-26)25-12-16-33-30(19-25)29-3-1-2-4-32(29)36-33/h1-20H. The summed E-state index contributed by atoms with van der Waals surface area (Å²) < 4.78 is 7.22. The monoisotopic (exact) mass is 573 g/mol. The Kier molecular flexibility index (Phi) is 5.10. The van der Waals surface area contributed by atoms with Crippen LogP contribution in [-0.4, -0.2) is 4.98 Å². The molecule has 0 radical (unpaired) electrons. The van der Waals surface area contributed by atoms with Crippen LogP contribution in [0.1, 0.15) is 0 Å². The fraction of sp³-hybridized carbons (Fsp3) is 0. The van der Waals surface area contributed by atoms with E-state index >= 15 is 0 Å². The van der Waals surface area contributed by atoms with Crippen LogP contribution in [-0.2, 0) is 0 Å². The predicted octanol–water partition coefficient (Wildman–Crippen LogP) is 9.74. The second kappa shape index (κ2) is 8.61. The molecule has 0 saturated heterocycles. The maximum absolute atomic E-state index is 5.98. The predicted molar refractivity (Wildman–Crippen MR) is 158 cm³/mol. The van der Waals surface area contributed by atoms with Crippen molar-refractivity contribution >= 4 is 55.3 Å². The maximum Gasteiger partial charge on any atom is 0.135 e. The Bertz CT molecular complexity index is 1880. The molecule has 0 saturated carbocycles. The smallest absolute Gasteiger partial charge is 0.135 e. The van der Waals surface area contributed by atoms with Crippen molar-refractivity contribution in [2.75, 3.05) is 0 Å². The van der Waals surface area contributed by atoms with Crippen LogP contribution in [0.4, 0.5) is 0 Å². The van der Waals surface area contributed by atoms with Gasteiger partial charge in [-0.1, -0.05) is 60.7 Å². The fourth-order valence-electron chi connectivity index (χ4n) is 4.87. The van der Waals surface area contributed by atoms with Crippen LogP contribution in [0.5, 0.6) is 0 Å². The van der Waals surface area contributed by atoms with E-state index in [4.69, 9.17) is 9.40 Å². The molecular weight excluding hydrogens is 553 g/mol. The zero-order chi connectivity index (χ0) is 24.1. The number of rotatable bonds is 3. The van der Waals surface area contributed by atoms with Crippen molar-refractivity contribution in [2.45, 2.75) is 0 Å². The van der Waals surface area contributed by atoms with Crippen molar-refractivity contribution in [1.29, 1.82) is 0 Å². The Hall–Kier alpha value is -3.96. The quantitative estimate of drug-likeness (QED) is 0.197. The first-order valence-corrected chi connectivity index (χ1v) is 13.0. The lowest BCUT2D eigenvalue weighted by atomic mass is 9.98. The van der Waals surface area contributed by atoms with Crippen molar-refractivity contribution in [3.63, 3.8) is 0 Å². The molecule has 5 aromatic carbocycles. The van der Waals surface area contributed by atoms with E-state index in [0.717, 1.165) is 44.3 Å². The number of para-hydroxylation sites is 1. The van der Waals surface area contributed by atoms with Crippen LogP contribution in [0.25, 0.3) is 66.2 Å². The molecule has 0 spiro atoms. The first kappa shape index (κ1) is 21.3. The van der Waals surface area contributed by atoms with Crippen LogP contribution in [0, 0.1) is 3.57 Å². The van der Waals surface area contributed by atoms with Crippen LogP contribution < -0.4 is 0 Å². The van der Waals surface area contributed by atoms with Gasteiger partial charge in [0.1, 0.15) is 11.2 Å². The highest BCUT2D eigenvalue weighted by Crippen LogP contribution is 2.33. The van der Waals surface area contributed by atoms with Gasteiger partial charge >= 0.3 is 0 Å². The van der Waals surface area contributed by atoms with Gasteiger partial charge in [0.2, 0.25) is 0 Å². The summed E-state index contributed by atoms with van der Waals surface area (Å²) in [5, 5.41) is 4.71. The molecule has 0 fully saturated rings. The number of pyridine rings is 1. The molecular formula is C33H20INO. The summed E-state index contributed by atoms with van der Waals surface area (Å²) in [6.07, 6.45) is 1.97. The lowest BCUT2D eigenvalue weighted by Gasteiger charge is -2.08. The molecule has 0 bridgehead atoms. The zero-order valence-electron chi connectivity index (χ0n) is 19.3. The van der Waals surface area contributed by atoms with E-state index in [1.165, 1.54) is 25.5 Å². The van der Waals surface area contributed by atoms with Crippen molar-refractivity contribution in [3.05, 3.63) is 125 Å². The SMILES string of the molecule is Ic1ccc(-c2ccc3ccc(-c4ccc(-c5ccc6oc7ccccc7c6c5)nc4)cc3c2)cc1. The minimum atomic E-state index is 0.900. The first-order chi connectivity index (χ1) is 17.7. The molecule has 0 aliphatic carbocycles. The number of hydrogen-bond donors (Lipinski definition) is 0. The molecule has 2 aromatic heterocycles. The highest BCUT2D eigenvalue weighted by Gasteiger charge is 2.09. The van der Waals surface area contributed by atoms with Crippen LogP contribution in [0.15, 0.2) is 126 Å². The van der Waals surface area contributed by atoms with Crippen molar-refractivity contribution < 1.29 is 4.42 Å². The van der Waals surface area contributed by atoms with Crippen LogP contribution in [0.3, 0.4) is 0 Å². The van der Waals surface area contributed by atoms with E-state index < -0.39 is 0 Å². The molecule has 7 rings (SSSR count). The Labute approximate surface area is 222 Å². The summed E-state index contributed by atoms with van der Waals surface area (Å²) in [5.41, 5.74) is 8.58. The van der Waals surface area contributed by atoms with Crippen molar-refractivity contribution in [2.24, 2.45) is 0 Å². The third-order valence-corrected chi connectivity index (χ3v) is 7.51. The lowest BCUT2D eigenvalue weighted by molar-refractivity contribution is 0.669. The Morgan fingerprint density at radius 1 is 0.500 bits per heavy atom. The molecule has 0 N–H and O–H groups in total. The van der Waals surface area contributed by atoms with Gasteiger partial charge in [-0.3, -0.25) is 4.98 Å². The Balaban J connectivity index is 1.23. The number of nitrogens with zero attached hydrogens (tertiary/aromatic N) is 1. The molecule has 2 nitrogen and oxygen atoms in total. The van der Waals surface area contributed by atoms with E-state index in [1.807, 2.05) is 30.5 Å². The highest BCUT2D eigenvalue weighted by molar-refractivity contribution is 14.1. The molecule has 0 aliphatic heterocycles. The van der Waals surface area contributed by atoms with Gasteiger partial charge in [0, 0.05) is 31.7 Å². The van der Waals surface area contributed by atoms with Gasteiger partial charge in [0.25, 0.3) is 0 Å². The summed E-state index contributed by atoms with van der Waals surface area (Å²) in [4.78, 5) is 4.82. The fourth-order valence-corrected chi connectivity index (χ4v) is 5.23. The number of halogens is 1. The van der Waals surface area contributed by atoms with Crippen LogP contribution >= 0.6 is 22.6 Å². The second-order valence-electron chi connectivity index (χ2n) is 9.02. The third-order valence-electron chi connectivity index (χ3n) is 6.79. The Morgan fingerprint density at radius 3 is 1.94 bits per heavy atom. The average molecular weight is 573 g/mol. The minimum absolute atomic E-state index is 0.900. The molecule has 0 amide bonds. The van der Waals surface area contributed by atoms with Gasteiger partial charge in [0.15, 0.2) is 0 Å². The molecule has 170 valence electrons. The highest BCUT2D eigenvalue weighted by atomic mass is 127. The topological polar surface area (TPSA) is 26.0 Å². The van der Waals surface area contributed by atoms with Gasteiger partial charge in [-0.15, -0.1) is 0 Å². The number of aromatic nitrogens is 1. The van der Waals surface area contributed by atoms with Gasteiger partial charge < -0.3 is 4.42 Å². The Morgan fingerprint density at radius 2 is 1.17 bits per heavy atom. The first-order valence-electron chi connectivity index (χ1n) is 11.9. The molecule has 7 aromatic rings. The average Bonchev–Trinajstić information content (AvgIpc) is 3.31. The maximum atomic E-state index is 5.98. The van der Waals surface area contributed by atoms with Gasteiger partial charge in [-0.2, -0.15) is 0 Å². The summed E-state index contributed by atoms with van der Waals surface area (Å²) in [6, 6.07) is 40.6. The van der Waals surface area contributed by atoms with E-state index in [9.17, 15) is 0 Å². The number of hydrogen-bond acceptors (Lipinski definition) is 2. The lowest BCUT2D eigenvalue weighted by Crippen LogP contribution is -1.86. The molecule has 0 unspecified atom stereocenters. The minimum Gasteiger partial charge on any atom is -0.456 e. The van der Waals surface area contributed by atoms with E-state index in [1.54, 1.807) is 0 Å². The second-order valence-corrected chi connectivity index (χ2v) is 10.3. The summed E-state index contributed by atoms with van der Waals surface area (Å²) in [6.45, 7) is 0. The summed E-state index contributed by atoms with van der Waals surface area (Å²) in [5.74, 6) is 0. The summed E-state index contributed by atoms with van der Waals surface area (Å²) >= 11 is 2.34. The number of furan rings is 1. The zero-order valence-corrected chi connectivity index (χ0v) is 21.4. The summed E-state index contributed by atoms with van der Waals surface area (Å²) in [7, 11) is 0. The molecule has 2 heterocycles. The third kappa shape index (κ3) is 3.76. The molecule has 36 heavy (non-hydrogen) atoms. The van der Waals surface area contributed by atoms with Crippen LogP contribution in [0.2, 0.25) is 0 Å². The van der Waals surface area contributed by atoms with Gasteiger partial charge in [-0.25, -0.2) is 0 Å². The number of fused-ring (bicyclic) bond motifs is 4. The molecule has 0 aliphatic rings. The van der Waals surface area contributed by atoms with E-state index in [-0.39, 0.29) is 0 Å². The van der Waals surface area contributed by atoms with Gasteiger partial charge in [-0.05, 0) is 105 Å². The van der Waals surface area contributed by atoms with E-state index in [0.29, 0.717) is 0 Å². The number of benzene rings is 5. The van der Waals surface area contributed by atoms with Crippen molar-refractivity contribution in [1.82, 2.24) is 4.98 Å². The van der Waals surface area contributed by atoms with Gasteiger partial charge in [0.05, 0.1) is 5.69 Å². The molecule has 0 atom stereocenters. The van der Waals surface area contributed by atoms with Crippen molar-refractivity contribution in [3.8, 4) is 33.5 Å².